The van der Waals surface area contributed by atoms with E-state index in [4.69, 9.17) is 0 Å². The minimum absolute atomic E-state index is 0.167. The third-order valence-corrected chi connectivity index (χ3v) is 1.90. The molecule has 0 aliphatic carbocycles. The van der Waals surface area contributed by atoms with Crippen LogP contribution in [0.4, 0.5) is 0 Å². The van der Waals surface area contributed by atoms with E-state index in [0.29, 0.717) is 12.2 Å². The van der Waals surface area contributed by atoms with Gasteiger partial charge < -0.3 is 10.6 Å². The number of amides is 1. The van der Waals surface area contributed by atoms with Gasteiger partial charge in [0.1, 0.15) is 0 Å². The molecule has 1 amide bonds. The Balaban J connectivity index is 2.19. The molecule has 0 aliphatic rings. The van der Waals surface area contributed by atoms with Crippen LogP contribution in [0.25, 0.3) is 0 Å². The van der Waals surface area contributed by atoms with Crippen molar-refractivity contribution in [3.05, 3.63) is 11.9 Å². The molecule has 0 aromatic carbocycles. The number of hydrogen-bond acceptors (Lipinski definition) is 4. The Hall–Kier alpha value is -1.43. The Morgan fingerprint density at radius 1 is 1.53 bits per heavy atom. The zero-order valence-corrected chi connectivity index (χ0v) is 9.16. The van der Waals surface area contributed by atoms with Crippen molar-refractivity contribution in [2.24, 2.45) is 7.05 Å². The van der Waals surface area contributed by atoms with Crippen LogP contribution in [0.5, 0.6) is 0 Å². The molecule has 2 N–H and O–H groups in total. The van der Waals surface area contributed by atoms with Crippen molar-refractivity contribution in [3.8, 4) is 0 Å². The Labute approximate surface area is 89.0 Å². The molecule has 0 saturated heterocycles. The van der Waals surface area contributed by atoms with Crippen LogP contribution in [0, 0.1) is 0 Å². The lowest BCUT2D eigenvalue weighted by atomic mass is 10.4. The molecule has 1 aromatic rings. The Morgan fingerprint density at radius 3 is 2.93 bits per heavy atom. The molecule has 0 saturated carbocycles. The van der Waals surface area contributed by atoms with Gasteiger partial charge in [0.2, 0.25) is 0 Å². The Morgan fingerprint density at radius 2 is 2.33 bits per heavy atom. The van der Waals surface area contributed by atoms with Gasteiger partial charge in [-0.15, -0.1) is 5.10 Å². The first-order chi connectivity index (χ1) is 7.24. The van der Waals surface area contributed by atoms with E-state index in [-0.39, 0.29) is 5.91 Å². The zero-order valence-electron chi connectivity index (χ0n) is 9.16. The molecule has 0 unspecified atom stereocenters. The summed E-state index contributed by atoms with van der Waals surface area (Å²) < 4.78 is 1.51. The number of hydrogen-bond donors (Lipinski definition) is 2. The van der Waals surface area contributed by atoms with Gasteiger partial charge in [-0.3, -0.25) is 9.48 Å². The van der Waals surface area contributed by atoms with Crippen molar-refractivity contribution in [1.29, 1.82) is 0 Å². The van der Waals surface area contributed by atoms with E-state index in [0.717, 1.165) is 19.5 Å². The van der Waals surface area contributed by atoms with E-state index in [1.54, 1.807) is 13.2 Å². The van der Waals surface area contributed by atoms with Gasteiger partial charge in [-0.2, -0.15) is 0 Å². The predicted molar refractivity (Wildman–Crippen MR) is 56.5 cm³/mol. The smallest absolute Gasteiger partial charge is 0.273 e. The van der Waals surface area contributed by atoms with Crippen molar-refractivity contribution in [2.75, 3.05) is 19.6 Å². The van der Waals surface area contributed by atoms with Crippen LogP contribution >= 0.6 is 0 Å². The van der Waals surface area contributed by atoms with E-state index in [1.807, 2.05) is 0 Å². The highest BCUT2D eigenvalue weighted by molar-refractivity contribution is 5.91. The fourth-order valence-corrected chi connectivity index (χ4v) is 1.13. The highest BCUT2D eigenvalue weighted by Crippen LogP contribution is 1.90. The van der Waals surface area contributed by atoms with Gasteiger partial charge in [-0.1, -0.05) is 12.1 Å². The van der Waals surface area contributed by atoms with Gasteiger partial charge in [-0.05, 0) is 19.5 Å². The summed E-state index contributed by atoms with van der Waals surface area (Å²) in [5.74, 6) is -0.167. The molecule has 0 radical (unpaired) electrons. The van der Waals surface area contributed by atoms with Gasteiger partial charge in [0.25, 0.3) is 5.91 Å². The predicted octanol–water partition coefficient (Wildman–Crippen LogP) is -0.455. The summed E-state index contributed by atoms with van der Waals surface area (Å²) in [6.07, 6.45) is 2.51. The van der Waals surface area contributed by atoms with Crippen LogP contribution in [-0.4, -0.2) is 40.5 Å². The second-order valence-corrected chi connectivity index (χ2v) is 3.24. The van der Waals surface area contributed by atoms with Crippen LogP contribution in [0.2, 0.25) is 0 Å². The van der Waals surface area contributed by atoms with Crippen molar-refractivity contribution in [2.45, 2.75) is 13.3 Å². The monoisotopic (exact) mass is 211 g/mol. The molecule has 15 heavy (non-hydrogen) atoms. The SMILES string of the molecule is CCNCCCNC(=O)c1cn(C)nn1. The van der Waals surface area contributed by atoms with Crippen LogP contribution < -0.4 is 10.6 Å². The fraction of sp³-hybridized carbons (Fsp3) is 0.667. The van der Waals surface area contributed by atoms with Crippen LogP contribution in [0.1, 0.15) is 23.8 Å². The average molecular weight is 211 g/mol. The molecular weight excluding hydrogens is 194 g/mol. The number of aryl methyl sites for hydroxylation is 1. The highest BCUT2D eigenvalue weighted by Gasteiger charge is 2.07. The number of carbonyl (C=O) groups is 1. The molecule has 6 nitrogen and oxygen atoms in total. The average Bonchev–Trinajstić information content (AvgIpc) is 2.64. The maximum Gasteiger partial charge on any atom is 0.273 e. The number of carbonyl (C=O) groups excluding carboxylic acids is 1. The maximum absolute atomic E-state index is 11.4. The summed E-state index contributed by atoms with van der Waals surface area (Å²) >= 11 is 0. The van der Waals surface area contributed by atoms with Crippen LogP contribution in [0.15, 0.2) is 6.20 Å². The first kappa shape index (κ1) is 11.6. The van der Waals surface area contributed by atoms with Crippen molar-refractivity contribution in [1.82, 2.24) is 25.6 Å². The molecule has 1 rings (SSSR count). The topological polar surface area (TPSA) is 71.8 Å². The molecule has 84 valence electrons. The minimum atomic E-state index is -0.167. The van der Waals surface area contributed by atoms with Gasteiger partial charge in [-0.25, -0.2) is 0 Å². The molecule has 0 spiro atoms. The van der Waals surface area contributed by atoms with E-state index in [9.17, 15) is 4.79 Å². The van der Waals surface area contributed by atoms with Crippen LogP contribution in [0.3, 0.4) is 0 Å². The second-order valence-electron chi connectivity index (χ2n) is 3.24. The van der Waals surface area contributed by atoms with E-state index in [1.165, 1.54) is 4.68 Å². The maximum atomic E-state index is 11.4. The number of rotatable bonds is 6. The standard InChI is InChI=1S/C9H17N5O/c1-3-10-5-4-6-11-9(15)8-7-14(2)13-12-8/h7,10H,3-6H2,1-2H3,(H,11,15). The van der Waals surface area contributed by atoms with E-state index in [2.05, 4.69) is 27.9 Å². The molecule has 6 heteroatoms. The normalized spacial score (nSPS) is 10.3. The van der Waals surface area contributed by atoms with E-state index >= 15 is 0 Å². The van der Waals surface area contributed by atoms with Crippen molar-refractivity contribution < 1.29 is 4.79 Å². The quantitative estimate of drug-likeness (QED) is 0.625. The van der Waals surface area contributed by atoms with Crippen molar-refractivity contribution >= 4 is 5.91 Å². The van der Waals surface area contributed by atoms with Crippen LogP contribution in [-0.2, 0) is 7.05 Å². The minimum Gasteiger partial charge on any atom is -0.351 e. The number of aromatic nitrogens is 3. The lowest BCUT2D eigenvalue weighted by Crippen LogP contribution is -2.27. The molecule has 1 heterocycles. The molecule has 0 fully saturated rings. The molecule has 1 aromatic heterocycles. The van der Waals surface area contributed by atoms with Gasteiger partial charge in [0.15, 0.2) is 5.69 Å². The zero-order chi connectivity index (χ0) is 11.1. The summed E-state index contributed by atoms with van der Waals surface area (Å²) in [7, 11) is 1.73. The summed E-state index contributed by atoms with van der Waals surface area (Å²) in [4.78, 5) is 11.4. The first-order valence-electron chi connectivity index (χ1n) is 5.09. The summed E-state index contributed by atoms with van der Waals surface area (Å²) in [5, 5.41) is 13.4. The third-order valence-electron chi connectivity index (χ3n) is 1.90. The lowest BCUT2D eigenvalue weighted by Gasteiger charge is -2.02. The fourth-order valence-electron chi connectivity index (χ4n) is 1.13. The highest BCUT2D eigenvalue weighted by atomic mass is 16.1. The molecule has 0 bridgehead atoms. The van der Waals surface area contributed by atoms with E-state index < -0.39 is 0 Å². The largest absolute Gasteiger partial charge is 0.351 e. The summed E-state index contributed by atoms with van der Waals surface area (Å²) in [5.41, 5.74) is 0.362. The summed E-state index contributed by atoms with van der Waals surface area (Å²) in [6, 6.07) is 0. The molecule has 0 aliphatic heterocycles. The van der Waals surface area contributed by atoms with Gasteiger partial charge >= 0.3 is 0 Å². The van der Waals surface area contributed by atoms with Crippen molar-refractivity contribution in [3.63, 3.8) is 0 Å². The third kappa shape index (κ3) is 4.07. The van der Waals surface area contributed by atoms with Gasteiger partial charge in [0.05, 0.1) is 6.20 Å². The molecule has 0 atom stereocenters. The number of nitrogens with one attached hydrogen (secondary N) is 2. The first-order valence-corrected chi connectivity index (χ1v) is 5.09. The molecular formula is C9H17N5O. The number of nitrogens with zero attached hydrogens (tertiary/aromatic N) is 3. The Bertz CT molecular complexity index is 309. The lowest BCUT2D eigenvalue weighted by molar-refractivity contribution is 0.0948. The van der Waals surface area contributed by atoms with Gasteiger partial charge in [0, 0.05) is 13.6 Å². The Kier molecular flexibility index (Phi) is 4.76. The second kappa shape index (κ2) is 6.13. The summed E-state index contributed by atoms with van der Waals surface area (Å²) in [6.45, 7) is 4.58.